The summed E-state index contributed by atoms with van der Waals surface area (Å²) in [5.41, 5.74) is 0. The number of nitrogens with one attached hydrogen (secondary N) is 2. The van der Waals surface area contributed by atoms with Crippen molar-refractivity contribution in [2.24, 2.45) is 0 Å². The number of hydrogen-bond donors (Lipinski definition) is 2. The molecule has 2 N–H and O–H groups in total. The molecule has 0 aliphatic heterocycles. The minimum atomic E-state index is 0.760. The molecule has 0 fully saturated rings. The highest BCUT2D eigenvalue weighted by Crippen LogP contribution is 1.80. The Morgan fingerprint density at radius 1 is 1.33 bits per heavy atom. The first-order valence-electron chi connectivity index (χ1n) is 4.33. The topological polar surface area (TPSA) is 27.3 Å². The van der Waals surface area contributed by atoms with E-state index in [1.165, 1.54) is 0 Å². The molecule has 0 heterocycles. The van der Waals surface area contributed by atoms with Gasteiger partial charge in [0.25, 0.3) is 0 Å². The number of hydrogen-bond acceptors (Lipinski definition) is 2. The molecule has 72 valence electrons. The van der Waals surface area contributed by atoms with Gasteiger partial charge in [0.05, 0.1) is 0 Å². The van der Waals surface area contributed by atoms with Crippen LogP contribution < -0.4 is 10.6 Å². The molecule has 0 aromatic rings. The molecule has 0 bridgehead atoms. The lowest BCUT2D eigenvalue weighted by Gasteiger charge is -2.11. The molecule has 0 saturated carbocycles. The van der Waals surface area contributed by atoms with E-state index in [0.29, 0.717) is 0 Å². The molecular formula is C8H19N3S. The van der Waals surface area contributed by atoms with Crippen molar-refractivity contribution in [1.29, 1.82) is 0 Å². The molecule has 0 rings (SSSR count). The molecular weight excluding hydrogens is 170 g/mol. The van der Waals surface area contributed by atoms with Crippen LogP contribution in [0.25, 0.3) is 0 Å². The number of thiocarbonyl (C=S) groups is 1. The summed E-state index contributed by atoms with van der Waals surface area (Å²) in [5.74, 6) is 0. The third-order valence-corrected chi connectivity index (χ3v) is 1.69. The maximum Gasteiger partial charge on any atom is 0.166 e. The van der Waals surface area contributed by atoms with Gasteiger partial charge in [-0.3, -0.25) is 0 Å². The summed E-state index contributed by atoms with van der Waals surface area (Å²) in [7, 11) is 4.14. The van der Waals surface area contributed by atoms with Crippen molar-refractivity contribution in [2.75, 3.05) is 33.7 Å². The monoisotopic (exact) mass is 189 g/mol. The van der Waals surface area contributed by atoms with Gasteiger partial charge in [0.15, 0.2) is 5.11 Å². The third kappa shape index (κ3) is 7.75. The van der Waals surface area contributed by atoms with Crippen molar-refractivity contribution in [3.8, 4) is 0 Å². The first kappa shape index (κ1) is 11.6. The maximum absolute atomic E-state index is 5.00. The zero-order chi connectivity index (χ0) is 9.40. The summed E-state index contributed by atoms with van der Waals surface area (Å²) in [6.07, 6.45) is 1.12. The number of rotatable bonds is 5. The predicted octanol–water partition coefficient (Wildman–Crippen LogP) is 0.422. The fourth-order valence-corrected chi connectivity index (χ4v) is 1.07. The quantitative estimate of drug-likeness (QED) is 0.484. The molecule has 12 heavy (non-hydrogen) atoms. The Balaban J connectivity index is 3.14. The van der Waals surface area contributed by atoms with E-state index in [0.717, 1.165) is 31.2 Å². The Labute approximate surface area is 80.5 Å². The lowest BCUT2D eigenvalue weighted by atomic mass is 10.4. The molecule has 0 aromatic heterocycles. The second-order valence-corrected chi connectivity index (χ2v) is 3.35. The second-order valence-electron chi connectivity index (χ2n) is 2.94. The van der Waals surface area contributed by atoms with E-state index in [9.17, 15) is 0 Å². The highest BCUT2D eigenvalue weighted by molar-refractivity contribution is 7.80. The smallest absolute Gasteiger partial charge is 0.166 e. The van der Waals surface area contributed by atoms with Crippen LogP contribution >= 0.6 is 12.2 Å². The van der Waals surface area contributed by atoms with Gasteiger partial charge in [0, 0.05) is 13.1 Å². The molecule has 0 aliphatic rings. The van der Waals surface area contributed by atoms with Crippen LogP contribution in [0.15, 0.2) is 0 Å². The summed E-state index contributed by atoms with van der Waals surface area (Å²) in [4.78, 5) is 2.16. The first-order valence-corrected chi connectivity index (χ1v) is 4.74. The van der Waals surface area contributed by atoms with Crippen LogP contribution in [-0.2, 0) is 0 Å². The molecule has 0 radical (unpaired) electrons. The Bertz CT molecular complexity index is 125. The normalized spacial score (nSPS) is 10.0. The van der Waals surface area contributed by atoms with Crippen molar-refractivity contribution >= 4 is 17.3 Å². The van der Waals surface area contributed by atoms with Crippen LogP contribution in [0.1, 0.15) is 13.3 Å². The molecule has 0 amide bonds. The van der Waals surface area contributed by atoms with E-state index < -0.39 is 0 Å². The van der Waals surface area contributed by atoms with Gasteiger partial charge >= 0.3 is 0 Å². The fraction of sp³-hybridized carbons (Fsp3) is 0.875. The van der Waals surface area contributed by atoms with E-state index in [1.54, 1.807) is 0 Å². The van der Waals surface area contributed by atoms with E-state index in [4.69, 9.17) is 12.2 Å². The summed E-state index contributed by atoms with van der Waals surface area (Å²) in [6, 6.07) is 0. The fourth-order valence-electron chi connectivity index (χ4n) is 0.820. The molecule has 3 nitrogen and oxygen atoms in total. The van der Waals surface area contributed by atoms with Crippen LogP contribution in [0.3, 0.4) is 0 Å². The van der Waals surface area contributed by atoms with Gasteiger partial charge in [-0.25, -0.2) is 0 Å². The van der Waals surface area contributed by atoms with E-state index in [1.807, 2.05) is 6.92 Å². The Morgan fingerprint density at radius 3 is 2.50 bits per heavy atom. The van der Waals surface area contributed by atoms with Crippen molar-refractivity contribution < 1.29 is 0 Å². The summed E-state index contributed by atoms with van der Waals surface area (Å²) in [6.45, 7) is 4.97. The zero-order valence-corrected chi connectivity index (χ0v) is 9.00. The maximum atomic E-state index is 5.00. The minimum absolute atomic E-state index is 0.760. The molecule has 0 aromatic carbocycles. The first-order chi connectivity index (χ1) is 5.66. The van der Waals surface area contributed by atoms with Gasteiger partial charge in [-0.15, -0.1) is 0 Å². The van der Waals surface area contributed by atoms with Crippen LogP contribution in [0.5, 0.6) is 0 Å². The van der Waals surface area contributed by atoms with Crippen LogP contribution in [0, 0.1) is 0 Å². The second kappa shape index (κ2) is 7.31. The highest BCUT2D eigenvalue weighted by atomic mass is 32.1. The predicted molar refractivity (Wildman–Crippen MR) is 57.4 cm³/mol. The average Bonchev–Trinajstić information content (AvgIpc) is 1.98. The van der Waals surface area contributed by atoms with Gasteiger partial charge in [-0.2, -0.15) is 0 Å². The van der Waals surface area contributed by atoms with Gasteiger partial charge in [0.2, 0.25) is 0 Å². The van der Waals surface area contributed by atoms with E-state index in [-0.39, 0.29) is 0 Å². The van der Waals surface area contributed by atoms with Crippen molar-refractivity contribution in [3.05, 3.63) is 0 Å². The lowest BCUT2D eigenvalue weighted by molar-refractivity contribution is 0.400. The highest BCUT2D eigenvalue weighted by Gasteiger charge is 1.92. The zero-order valence-electron chi connectivity index (χ0n) is 8.18. The SMILES string of the molecule is CCNC(=S)NCCCN(C)C. The molecule has 0 aliphatic carbocycles. The van der Waals surface area contributed by atoms with Crippen molar-refractivity contribution in [2.45, 2.75) is 13.3 Å². The van der Waals surface area contributed by atoms with Crippen LogP contribution in [0.2, 0.25) is 0 Å². The van der Waals surface area contributed by atoms with Gasteiger partial charge in [-0.1, -0.05) is 0 Å². The molecule has 0 saturated heterocycles. The van der Waals surface area contributed by atoms with E-state index >= 15 is 0 Å². The standard InChI is InChI=1S/C8H19N3S/c1-4-9-8(12)10-6-5-7-11(2)3/h4-7H2,1-3H3,(H2,9,10,12). The van der Waals surface area contributed by atoms with Crippen molar-refractivity contribution in [1.82, 2.24) is 15.5 Å². The Hall–Kier alpha value is -0.350. The average molecular weight is 189 g/mol. The lowest BCUT2D eigenvalue weighted by Crippen LogP contribution is -2.36. The molecule has 4 heteroatoms. The van der Waals surface area contributed by atoms with E-state index in [2.05, 4.69) is 29.6 Å². The van der Waals surface area contributed by atoms with Gasteiger partial charge in [0.1, 0.15) is 0 Å². The molecule has 0 atom stereocenters. The Morgan fingerprint density at radius 2 is 2.00 bits per heavy atom. The minimum Gasteiger partial charge on any atom is -0.363 e. The summed E-state index contributed by atoms with van der Waals surface area (Å²) >= 11 is 5.00. The van der Waals surface area contributed by atoms with Crippen LogP contribution in [-0.4, -0.2) is 43.7 Å². The third-order valence-electron chi connectivity index (χ3n) is 1.40. The van der Waals surface area contributed by atoms with Crippen molar-refractivity contribution in [3.63, 3.8) is 0 Å². The summed E-state index contributed by atoms with van der Waals surface area (Å²) in [5, 5.41) is 6.93. The Kier molecular flexibility index (Phi) is 7.09. The molecule has 0 spiro atoms. The largest absolute Gasteiger partial charge is 0.363 e. The van der Waals surface area contributed by atoms with Crippen LogP contribution in [0.4, 0.5) is 0 Å². The number of nitrogens with zero attached hydrogens (tertiary/aromatic N) is 1. The summed E-state index contributed by atoms with van der Waals surface area (Å²) < 4.78 is 0. The molecule has 0 unspecified atom stereocenters. The van der Waals surface area contributed by atoms with Gasteiger partial charge < -0.3 is 15.5 Å². The van der Waals surface area contributed by atoms with Gasteiger partial charge in [-0.05, 0) is 46.2 Å².